The number of hydrogen-bond acceptors (Lipinski definition) is 3. The Balaban J connectivity index is 3.14. The van der Waals surface area contributed by atoms with E-state index >= 15 is 0 Å². The zero-order chi connectivity index (χ0) is 9.40. The van der Waals surface area contributed by atoms with Gasteiger partial charge in [0.2, 0.25) is 0 Å². The number of hydrogen-bond donors (Lipinski definition) is 1. The minimum absolute atomic E-state index is 0.299. The van der Waals surface area contributed by atoms with E-state index in [1.807, 2.05) is 6.92 Å². The molecule has 0 aromatic heterocycles. The van der Waals surface area contributed by atoms with Crippen molar-refractivity contribution < 1.29 is 14.6 Å². The van der Waals surface area contributed by atoms with E-state index in [1.54, 1.807) is 6.92 Å². The van der Waals surface area contributed by atoms with Crippen LogP contribution in [0.15, 0.2) is 0 Å². The van der Waals surface area contributed by atoms with Crippen LogP contribution in [0.1, 0.15) is 20.3 Å². The molecule has 4 heteroatoms. The fraction of sp³-hybridized carbons (Fsp3) is 0.875. The lowest BCUT2D eigenvalue weighted by Gasteiger charge is -2.05. The van der Waals surface area contributed by atoms with Crippen molar-refractivity contribution in [2.45, 2.75) is 25.5 Å². The second-order valence-corrected chi connectivity index (χ2v) is 3.85. The molecule has 1 unspecified atom stereocenters. The first kappa shape index (κ1) is 11.8. The van der Waals surface area contributed by atoms with Crippen LogP contribution in [0.2, 0.25) is 0 Å². The van der Waals surface area contributed by atoms with E-state index in [2.05, 4.69) is 0 Å². The summed E-state index contributed by atoms with van der Waals surface area (Å²) < 4.78 is 5.12. The van der Waals surface area contributed by atoms with Gasteiger partial charge in [0.15, 0.2) is 0 Å². The zero-order valence-electron chi connectivity index (χ0n) is 7.58. The fourth-order valence-corrected chi connectivity index (χ4v) is 1.42. The van der Waals surface area contributed by atoms with Crippen molar-refractivity contribution in [3.05, 3.63) is 0 Å². The van der Waals surface area contributed by atoms with Gasteiger partial charge in [-0.05, 0) is 26.0 Å². The van der Waals surface area contributed by atoms with Crippen LogP contribution in [0.25, 0.3) is 0 Å². The molecule has 0 radical (unpaired) electrons. The predicted molar refractivity (Wildman–Crippen MR) is 50.7 cm³/mol. The van der Waals surface area contributed by atoms with Gasteiger partial charge in [-0.15, -0.1) is 11.8 Å². The van der Waals surface area contributed by atoms with E-state index in [9.17, 15) is 4.79 Å². The van der Waals surface area contributed by atoms with Crippen LogP contribution >= 0.6 is 11.8 Å². The topological polar surface area (TPSA) is 46.5 Å². The number of carbonyl (C=O) groups is 1. The Labute approximate surface area is 77.5 Å². The van der Waals surface area contributed by atoms with Gasteiger partial charge in [-0.3, -0.25) is 4.79 Å². The van der Waals surface area contributed by atoms with Crippen LogP contribution < -0.4 is 0 Å². The Bertz CT molecular complexity index is 127. The van der Waals surface area contributed by atoms with Crippen LogP contribution in [0.5, 0.6) is 0 Å². The van der Waals surface area contributed by atoms with Crippen molar-refractivity contribution in [1.29, 1.82) is 0 Å². The highest BCUT2D eigenvalue weighted by Crippen LogP contribution is 2.11. The highest BCUT2D eigenvalue weighted by Gasteiger charge is 2.09. The molecule has 0 heterocycles. The van der Waals surface area contributed by atoms with Crippen LogP contribution in [0.4, 0.5) is 0 Å². The summed E-state index contributed by atoms with van der Waals surface area (Å²) in [6, 6.07) is 0. The third-order valence-electron chi connectivity index (χ3n) is 1.35. The normalized spacial score (nSPS) is 12.8. The summed E-state index contributed by atoms with van der Waals surface area (Å²) in [6.07, 6.45) is 0.927. The molecule has 1 N–H and O–H groups in total. The predicted octanol–water partition coefficient (Wildman–Crippen LogP) is 1.62. The van der Waals surface area contributed by atoms with E-state index in [-0.39, 0.29) is 5.25 Å². The summed E-state index contributed by atoms with van der Waals surface area (Å²) in [5.41, 5.74) is 0. The van der Waals surface area contributed by atoms with Crippen molar-refractivity contribution in [1.82, 2.24) is 0 Å². The first-order chi connectivity index (χ1) is 5.68. The Hall–Kier alpha value is -0.220. The molecule has 0 aromatic rings. The van der Waals surface area contributed by atoms with Gasteiger partial charge in [0.05, 0.1) is 5.25 Å². The van der Waals surface area contributed by atoms with Gasteiger partial charge in [0.25, 0.3) is 0 Å². The maximum atomic E-state index is 10.4. The summed E-state index contributed by atoms with van der Waals surface area (Å²) in [6.45, 7) is 5.12. The molecule has 0 saturated carbocycles. The lowest BCUT2D eigenvalue weighted by molar-refractivity contribution is -0.136. The summed E-state index contributed by atoms with van der Waals surface area (Å²) in [7, 11) is 0. The summed E-state index contributed by atoms with van der Waals surface area (Å²) in [4.78, 5) is 10.4. The molecule has 12 heavy (non-hydrogen) atoms. The maximum absolute atomic E-state index is 10.4. The second-order valence-electron chi connectivity index (χ2n) is 2.40. The van der Waals surface area contributed by atoms with E-state index < -0.39 is 5.97 Å². The van der Waals surface area contributed by atoms with E-state index in [0.29, 0.717) is 0 Å². The Morgan fingerprint density at radius 3 is 2.83 bits per heavy atom. The number of rotatable bonds is 7. The summed E-state index contributed by atoms with van der Waals surface area (Å²) in [5, 5.41) is 8.23. The van der Waals surface area contributed by atoms with Crippen LogP contribution in [-0.4, -0.2) is 35.3 Å². The second kappa shape index (κ2) is 7.43. The van der Waals surface area contributed by atoms with Crippen molar-refractivity contribution in [2.75, 3.05) is 19.0 Å². The standard InChI is InChI=1S/C8H16O3S/c1-3-11-5-4-6-12-7(2)8(9)10/h7H,3-6H2,1-2H3,(H,9,10). The molecule has 72 valence electrons. The minimum atomic E-state index is -0.739. The molecule has 0 amide bonds. The first-order valence-electron chi connectivity index (χ1n) is 4.10. The van der Waals surface area contributed by atoms with Crippen LogP contribution in [0.3, 0.4) is 0 Å². The molecule has 0 aromatic carbocycles. The van der Waals surface area contributed by atoms with Crippen molar-refractivity contribution in [2.24, 2.45) is 0 Å². The van der Waals surface area contributed by atoms with Gasteiger partial charge in [-0.25, -0.2) is 0 Å². The lowest BCUT2D eigenvalue weighted by atomic mass is 10.5. The highest BCUT2D eigenvalue weighted by molar-refractivity contribution is 8.00. The van der Waals surface area contributed by atoms with E-state index in [4.69, 9.17) is 9.84 Å². The molecule has 1 atom stereocenters. The van der Waals surface area contributed by atoms with Gasteiger partial charge in [0, 0.05) is 13.2 Å². The molecular weight excluding hydrogens is 176 g/mol. The molecular formula is C8H16O3S. The third kappa shape index (κ3) is 6.49. The first-order valence-corrected chi connectivity index (χ1v) is 5.15. The Kier molecular flexibility index (Phi) is 7.29. The number of aliphatic carboxylic acids is 1. The molecule has 0 fully saturated rings. The monoisotopic (exact) mass is 192 g/mol. The Morgan fingerprint density at radius 1 is 1.67 bits per heavy atom. The average Bonchev–Trinajstić information content (AvgIpc) is 2.03. The largest absolute Gasteiger partial charge is 0.480 e. The molecule has 0 spiro atoms. The van der Waals surface area contributed by atoms with Crippen molar-refractivity contribution in [3.63, 3.8) is 0 Å². The molecule has 0 aliphatic rings. The van der Waals surface area contributed by atoms with E-state index in [1.165, 1.54) is 11.8 Å². The number of carboxylic acids is 1. The third-order valence-corrected chi connectivity index (χ3v) is 2.58. The van der Waals surface area contributed by atoms with Gasteiger partial charge in [-0.2, -0.15) is 0 Å². The molecule has 0 aliphatic heterocycles. The smallest absolute Gasteiger partial charge is 0.316 e. The molecule has 0 rings (SSSR count). The molecule has 0 saturated heterocycles. The van der Waals surface area contributed by atoms with Gasteiger partial charge >= 0.3 is 5.97 Å². The van der Waals surface area contributed by atoms with E-state index in [0.717, 1.165) is 25.4 Å². The van der Waals surface area contributed by atoms with Crippen LogP contribution in [0, 0.1) is 0 Å². The van der Waals surface area contributed by atoms with Crippen LogP contribution in [-0.2, 0) is 9.53 Å². The Morgan fingerprint density at radius 2 is 2.33 bits per heavy atom. The quantitative estimate of drug-likeness (QED) is 0.623. The molecule has 0 aliphatic carbocycles. The molecule has 0 bridgehead atoms. The number of carboxylic acid groups (broad SMARTS) is 1. The number of thioether (sulfide) groups is 1. The van der Waals surface area contributed by atoms with Gasteiger partial charge < -0.3 is 9.84 Å². The fourth-order valence-electron chi connectivity index (χ4n) is 0.637. The lowest BCUT2D eigenvalue weighted by Crippen LogP contribution is -2.12. The average molecular weight is 192 g/mol. The summed E-state index contributed by atoms with van der Waals surface area (Å²) >= 11 is 1.46. The van der Waals surface area contributed by atoms with Crippen molar-refractivity contribution in [3.8, 4) is 0 Å². The minimum Gasteiger partial charge on any atom is -0.480 e. The molecule has 3 nitrogen and oxygen atoms in total. The van der Waals surface area contributed by atoms with Gasteiger partial charge in [-0.1, -0.05) is 0 Å². The highest BCUT2D eigenvalue weighted by atomic mass is 32.2. The number of ether oxygens (including phenoxy) is 1. The van der Waals surface area contributed by atoms with Gasteiger partial charge in [0.1, 0.15) is 0 Å². The zero-order valence-corrected chi connectivity index (χ0v) is 8.39. The van der Waals surface area contributed by atoms with Crippen molar-refractivity contribution >= 4 is 17.7 Å². The maximum Gasteiger partial charge on any atom is 0.316 e. The SMILES string of the molecule is CCOCCCSC(C)C(=O)O. The summed E-state index contributed by atoms with van der Waals surface area (Å²) in [5.74, 6) is 0.115.